The van der Waals surface area contributed by atoms with Crippen molar-refractivity contribution in [3.05, 3.63) is 24.0 Å². The molecule has 0 aliphatic heterocycles. The lowest BCUT2D eigenvalue weighted by Crippen LogP contribution is -2.14. The van der Waals surface area contributed by atoms with Gasteiger partial charge in [0.25, 0.3) is 0 Å². The van der Waals surface area contributed by atoms with Crippen LogP contribution in [-0.4, -0.2) is 15.0 Å². The summed E-state index contributed by atoms with van der Waals surface area (Å²) in [7, 11) is -3.85. The third kappa shape index (κ3) is 3.98. The van der Waals surface area contributed by atoms with Gasteiger partial charge in [-0.2, -0.15) is 0 Å². The zero-order chi connectivity index (χ0) is 13.1. The maximum Gasteiger partial charge on any atom is 0.238 e. The normalized spacial score (nSPS) is 13.4. The minimum Gasteiger partial charge on any atom is -0.382 e. The summed E-state index contributed by atoms with van der Waals surface area (Å²) in [5, 5.41) is 7.84. The Balaban J connectivity index is 2.84. The van der Waals surface area contributed by atoms with Crippen molar-refractivity contribution in [1.29, 1.82) is 0 Å². The van der Waals surface area contributed by atoms with Gasteiger partial charge >= 0.3 is 0 Å². The Hall–Kier alpha value is -1.14. The van der Waals surface area contributed by atoms with Crippen molar-refractivity contribution in [2.45, 2.75) is 25.2 Å². The number of sulfonamides is 1. The quantitative estimate of drug-likeness (QED) is 0.849. The van der Waals surface area contributed by atoms with E-state index < -0.39 is 15.8 Å². The molecule has 6 heteroatoms. The highest BCUT2D eigenvalue weighted by molar-refractivity contribution is 7.89. The topological polar surface area (TPSA) is 72.2 Å². The van der Waals surface area contributed by atoms with Gasteiger partial charge in [-0.25, -0.2) is 17.9 Å². The van der Waals surface area contributed by atoms with Crippen molar-refractivity contribution >= 4 is 15.7 Å². The molecule has 1 unspecified atom stereocenters. The van der Waals surface area contributed by atoms with E-state index in [2.05, 4.69) is 5.32 Å². The van der Waals surface area contributed by atoms with Crippen LogP contribution < -0.4 is 10.5 Å². The molecule has 0 fully saturated rings. The van der Waals surface area contributed by atoms with E-state index in [0.29, 0.717) is 12.5 Å². The van der Waals surface area contributed by atoms with Crippen LogP contribution in [-0.2, 0) is 10.0 Å². The molecule has 0 heterocycles. The Kier molecular flexibility index (Phi) is 4.47. The number of primary sulfonamides is 1. The summed E-state index contributed by atoms with van der Waals surface area (Å²) in [5.41, 5.74) is 0.290. The number of nitrogens with one attached hydrogen (secondary N) is 1. The van der Waals surface area contributed by atoms with Gasteiger partial charge in [0.15, 0.2) is 0 Å². The van der Waals surface area contributed by atoms with Crippen molar-refractivity contribution in [3.63, 3.8) is 0 Å². The van der Waals surface area contributed by atoms with Crippen molar-refractivity contribution in [2.75, 3.05) is 11.9 Å². The fraction of sp³-hybridized carbons (Fsp3) is 0.455. The highest BCUT2D eigenvalue weighted by Crippen LogP contribution is 2.18. The fourth-order valence-electron chi connectivity index (χ4n) is 1.24. The van der Waals surface area contributed by atoms with Crippen LogP contribution in [0.3, 0.4) is 0 Å². The first-order chi connectivity index (χ1) is 7.84. The highest BCUT2D eigenvalue weighted by Gasteiger charge is 2.11. The van der Waals surface area contributed by atoms with E-state index in [-0.39, 0.29) is 10.6 Å². The molecule has 0 saturated carbocycles. The van der Waals surface area contributed by atoms with Gasteiger partial charge in [0.1, 0.15) is 5.82 Å². The molecule has 0 radical (unpaired) electrons. The van der Waals surface area contributed by atoms with Gasteiger partial charge in [-0.05, 0) is 24.1 Å². The van der Waals surface area contributed by atoms with Crippen LogP contribution in [0.5, 0.6) is 0 Å². The van der Waals surface area contributed by atoms with Crippen molar-refractivity contribution in [1.82, 2.24) is 0 Å². The van der Waals surface area contributed by atoms with Crippen LogP contribution in [0.4, 0.5) is 10.1 Å². The van der Waals surface area contributed by atoms with Crippen LogP contribution in [0.2, 0.25) is 0 Å². The predicted molar refractivity (Wildman–Crippen MR) is 65.7 cm³/mol. The fourth-order valence-corrected chi connectivity index (χ4v) is 1.77. The van der Waals surface area contributed by atoms with Crippen LogP contribution in [0, 0.1) is 11.7 Å². The Morgan fingerprint density at radius 3 is 2.59 bits per heavy atom. The maximum absolute atomic E-state index is 13.6. The minimum atomic E-state index is -3.85. The smallest absolute Gasteiger partial charge is 0.238 e. The van der Waals surface area contributed by atoms with Crippen molar-refractivity contribution in [3.8, 4) is 0 Å². The molecule has 1 aromatic rings. The Morgan fingerprint density at radius 2 is 2.12 bits per heavy atom. The predicted octanol–water partition coefficient (Wildman–Crippen LogP) is 1.93. The van der Waals surface area contributed by atoms with Crippen molar-refractivity contribution in [2.24, 2.45) is 11.1 Å². The Labute approximate surface area is 101 Å². The number of halogens is 1. The van der Waals surface area contributed by atoms with E-state index in [4.69, 9.17) is 5.14 Å². The van der Waals surface area contributed by atoms with Crippen molar-refractivity contribution < 1.29 is 12.8 Å². The number of nitrogens with two attached hydrogens (primary N) is 1. The summed E-state index contributed by atoms with van der Waals surface area (Å²) < 4.78 is 35.6. The van der Waals surface area contributed by atoms with E-state index in [1.165, 1.54) is 12.1 Å². The summed E-state index contributed by atoms with van der Waals surface area (Å²) in [4.78, 5) is -0.218. The number of benzene rings is 1. The van der Waals surface area contributed by atoms with Gasteiger partial charge in [0, 0.05) is 6.54 Å². The van der Waals surface area contributed by atoms with Gasteiger partial charge < -0.3 is 5.32 Å². The maximum atomic E-state index is 13.6. The number of hydrogen-bond donors (Lipinski definition) is 2. The molecular weight excluding hydrogens is 243 g/mol. The lowest BCUT2D eigenvalue weighted by molar-refractivity contribution is 0.582. The second-order valence-corrected chi connectivity index (χ2v) is 5.64. The molecule has 0 aliphatic carbocycles. The Bertz CT molecular complexity index is 488. The molecule has 1 rings (SSSR count). The summed E-state index contributed by atoms with van der Waals surface area (Å²) in [6.07, 6.45) is 0.990. The molecule has 0 saturated heterocycles. The molecule has 0 aliphatic rings. The molecular formula is C11H17FN2O2S. The van der Waals surface area contributed by atoms with Gasteiger partial charge in [-0.15, -0.1) is 0 Å². The second kappa shape index (κ2) is 5.46. The minimum absolute atomic E-state index is 0.218. The SMILES string of the molecule is CCC(C)CNc1ccc(S(N)(=O)=O)cc1F. The molecule has 0 amide bonds. The summed E-state index contributed by atoms with van der Waals surface area (Å²) in [6.45, 7) is 4.73. The summed E-state index contributed by atoms with van der Waals surface area (Å²) >= 11 is 0. The molecule has 96 valence electrons. The first kappa shape index (κ1) is 13.9. The highest BCUT2D eigenvalue weighted by atomic mass is 32.2. The molecule has 0 aromatic heterocycles. The lowest BCUT2D eigenvalue weighted by atomic mass is 10.1. The molecule has 1 aromatic carbocycles. The summed E-state index contributed by atoms with van der Waals surface area (Å²) in [5.74, 6) is -0.188. The molecule has 17 heavy (non-hydrogen) atoms. The monoisotopic (exact) mass is 260 g/mol. The zero-order valence-electron chi connectivity index (χ0n) is 9.90. The average molecular weight is 260 g/mol. The van der Waals surface area contributed by atoms with Gasteiger partial charge in [0.2, 0.25) is 10.0 Å². The molecule has 1 atom stereocenters. The summed E-state index contributed by atoms with van der Waals surface area (Å²) in [6, 6.07) is 3.60. The molecule has 0 bridgehead atoms. The third-order valence-corrected chi connectivity index (χ3v) is 3.52. The van der Waals surface area contributed by atoms with Crippen LogP contribution in [0.25, 0.3) is 0 Å². The van der Waals surface area contributed by atoms with Gasteiger partial charge in [-0.1, -0.05) is 20.3 Å². The van der Waals surface area contributed by atoms with Gasteiger partial charge in [0.05, 0.1) is 10.6 Å². The molecule has 4 nitrogen and oxygen atoms in total. The van der Waals surface area contributed by atoms with E-state index in [0.717, 1.165) is 12.5 Å². The number of anilines is 1. The third-order valence-electron chi connectivity index (χ3n) is 2.61. The van der Waals surface area contributed by atoms with Gasteiger partial charge in [-0.3, -0.25) is 0 Å². The molecule has 3 N–H and O–H groups in total. The van der Waals surface area contributed by atoms with Crippen LogP contribution in [0.15, 0.2) is 23.1 Å². The lowest BCUT2D eigenvalue weighted by Gasteiger charge is -2.12. The van der Waals surface area contributed by atoms with E-state index in [1.807, 2.05) is 13.8 Å². The first-order valence-corrected chi connectivity index (χ1v) is 6.95. The second-order valence-electron chi connectivity index (χ2n) is 4.08. The van der Waals surface area contributed by atoms with Crippen LogP contribution >= 0.6 is 0 Å². The van der Waals surface area contributed by atoms with E-state index >= 15 is 0 Å². The van der Waals surface area contributed by atoms with E-state index in [1.54, 1.807) is 0 Å². The first-order valence-electron chi connectivity index (χ1n) is 5.40. The Morgan fingerprint density at radius 1 is 1.47 bits per heavy atom. The standard InChI is InChI=1S/C11H17FN2O2S/c1-3-8(2)7-14-11-5-4-9(6-10(11)12)17(13,15)16/h4-6,8,14H,3,7H2,1-2H3,(H2,13,15,16). The number of rotatable bonds is 5. The largest absolute Gasteiger partial charge is 0.382 e. The average Bonchev–Trinajstić information content (AvgIpc) is 2.25. The zero-order valence-corrected chi connectivity index (χ0v) is 10.7. The van der Waals surface area contributed by atoms with Crippen LogP contribution in [0.1, 0.15) is 20.3 Å². The number of hydrogen-bond acceptors (Lipinski definition) is 3. The molecule has 0 spiro atoms. The van der Waals surface area contributed by atoms with E-state index in [9.17, 15) is 12.8 Å².